The summed E-state index contributed by atoms with van der Waals surface area (Å²) in [5.74, 6) is 0. The van der Waals surface area contributed by atoms with Gasteiger partial charge in [0.1, 0.15) is 0 Å². The Hall–Kier alpha value is -0.860. The minimum Gasteiger partial charge on any atom is -0.391 e. The molecule has 0 aromatic heterocycles. The van der Waals surface area contributed by atoms with Crippen molar-refractivity contribution in [3.63, 3.8) is 0 Å². The summed E-state index contributed by atoms with van der Waals surface area (Å²) in [6, 6.07) is 10.3. The molecule has 1 aromatic carbocycles. The fourth-order valence-corrected chi connectivity index (χ4v) is 1.64. The lowest BCUT2D eigenvalue weighted by molar-refractivity contribution is 0.208. The molecule has 1 fully saturated rings. The van der Waals surface area contributed by atoms with E-state index in [1.54, 1.807) is 0 Å². The molecule has 1 aliphatic heterocycles. The van der Waals surface area contributed by atoms with Crippen molar-refractivity contribution in [2.75, 3.05) is 6.54 Å². The van der Waals surface area contributed by atoms with Crippen molar-refractivity contribution in [3.05, 3.63) is 42.4 Å². The van der Waals surface area contributed by atoms with E-state index in [2.05, 4.69) is 17.0 Å². The fraction of sp³-hybridized carbons (Fsp3) is 0.364. The van der Waals surface area contributed by atoms with Gasteiger partial charge < -0.3 is 5.11 Å². The van der Waals surface area contributed by atoms with Crippen LogP contribution in [-0.4, -0.2) is 22.7 Å². The maximum Gasteiger partial charge on any atom is 0.0723 e. The van der Waals surface area contributed by atoms with E-state index in [0.717, 1.165) is 19.5 Å². The number of rotatable bonds is 2. The number of benzene rings is 1. The third kappa shape index (κ3) is 2.29. The van der Waals surface area contributed by atoms with E-state index >= 15 is 0 Å². The highest BCUT2D eigenvalue weighted by Gasteiger charge is 2.20. The van der Waals surface area contributed by atoms with Gasteiger partial charge in [-0.15, -0.1) is 0 Å². The van der Waals surface area contributed by atoms with Crippen LogP contribution in [0.2, 0.25) is 0 Å². The van der Waals surface area contributed by atoms with E-state index in [1.807, 2.05) is 24.7 Å². The molecule has 0 spiro atoms. The van der Waals surface area contributed by atoms with Gasteiger partial charge in [-0.25, -0.2) is 0 Å². The van der Waals surface area contributed by atoms with Crippen LogP contribution in [0, 0.1) is 6.54 Å². The van der Waals surface area contributed by atoms with Gasteiger partial charge in [-0.1, -0.05) is 30.3 Å². The van der Waals surface area contributed by atoms with E-state index in [4.69, 9.17) is 0 Å². The molecule has 1 atom stereocenters. The molecular formula is C11H14NO. The van der Waals surface area contributed by atoms with Gasteiger partial charge in [0.15, 0.2) is 0 Å². The van der Waals surface area contributed by atoms with Gasteiger partial charge in [-0.05, 0) is 12.0 Å². The first-order valence-electron chi connectivity index (χ1n) is 4.65. The Kier molecular flexibility index (Phi) is 2.62. The molecule has 1 unspecified atom stereocenters. The fourth-order valence-electron chi connectivity index (χ4n) is 1.64. The second-order valence-corrected chi connectivity index (χ2v) is 3.46. The normalized spacial score (nSPS) is 23.6. The van der Waals surface area contributed by atoms with Crippen LogP contribution in [0.25, 0.3) is 0 Å². The summed E-state index contributed by atoms with van der Waals surface area (Å²) in [5, 5.41) is 9.28. The van der Waals surface area contributed by atoms with E-state index in [-0.39, 0.29) is 6.10 Å². The maximum absolute atomic E-state index is 9.28. The topological polar surface area (TPSA) is 23.5 Å². The van der Waals surface area contributed by atoms with E-state index in [1.165, 1.54) is 5.56 Å². The molecule has 1 N–H and O–H groups in total. The van der Waals surface area contributed by atoms with Gasteiger partial charge in [-0.2, -0.15) is 0 Å². The Bertz CT molecular complexity index is 260. The first-order valence-corrected chi connectivity index (χ1v) is 4.65. The summed E-state index contributed by atoms with van der Waals surface area (Å²) < 4.78 is 0. The second kappa shape index (κ2) is 3.90. The summed E-state index contributed by atoms with van der Waals surface area (Å²) >= 11 is 0. The van der Waals surface area contributed by atoms with Crippen molar-refractivity contribution in [2.24, 2.45) is 0 Å². The molecule has 1 aromatic rings. The third-order valence-corrected chi connectivity index (χ3v) is 2.32. The second-order valence-electron chi connectivity index (χ2n) is 3.46. The quantitative estimate of drug-likeness (QED) is 0.736. The summed E-state index contributed by atoms with van der Waals surface area (Å²) in [4.78, 5) is 2.17. The van der Waals surface area contributed by atoms with Crippen molar-refractivity contribution in [1.29, 1.82) is 0 Å². The average molecular weight is 176 g/mol. The molecule has 0 bridgehead atoms. The highest BCUT2D eigenvalue weighted by molar-refractivity contribution is 5.15. The molecule has 2 rings (SSSR count). The molecule has 1 heterocycles. The number of likely N-dealkylation sites (tertiary alicyclic amines) is 1. The molecule has 13 heavy (non-hydrogen) atoms. The lowest BCUT2D eigenvalue weighted by Gasteiger charge is -2.13. The molecule has 1 aliphatic rings. The Morgan fingerprint density at radius 1 is 1.31 bits per heavy atom. The van der Waals surface area contributed by atoms with E-state index in [9.17, 15) is 5.11 Å². The molecule has 69 valence electrons. The first kappa shape index (κ1) is 8.73. The summed E-state index contributed by atoms with van der Waals surface area (Å²) in [5.41, 5.74) is 1.30. The smallest absolute Gasteiger partial charge is 0.0723 e. The lowest BCUT2D eigenvalue weighted by Crippen LogP contribution is -2.16. The largest absolute Gasteiger partial charge is 0.391 e. The highest BCUT2D eigenvalue weighted by Crippen LogP contribution is 2.16. The molecule has 0 amide bonds. The van der Waals surface area contributed by atoms with Crippen molar-refractivity contribution in [1.82, 2.24) is 4.90 Å². The summed E-state index contributed by atoms with van der Waals surface area (Å²) in [6.45, 7) is 3.79. The molecule has 0 aliphatic carbocycles. The van der Waals surface area contributed by atoms with Crippen LogP contribution < -0.4 is 0 Å². The van der Waals surface area contributed by atoms with Crippen LogP contribution in [0.1, 0.15) is 12.0 Å². The van der Waals surface area contributed by atoms with E-state index < -0.39 is 0 Å². The Morgan fingerprint density at radius 2 is 2.08 bits per heavy atom. The highest BCUT2D eigenvalue weighted by atomic mass is 16.3. The molecule has 0 saturated carbocycles. The third-order valence-electron chi connectivity index (χ3n) is 2.32. The number of aliphatic hydroxyl groups excluding tert-OH is 1. The van der Waals surface area contributed by atoms with E-state index in [0.29, 0.717) is 0 Å². The SMILES string of the molecule is OC1[CH]N(Cc2ccccc2)CC1. The summed E-state index contributed by atoms with van der Waals surface area (Å²) in [7, 11) is 0. The predicted octanol–water partition coefficient (Wildman–Crippen LogP) is 1.41. The van der Waals surface area contributed by atoms with Crippen molar-refractivity contribution in [3.8, 4) is 0 Å². The lowest BCUT2D eigenvalue weighted by atomic mass is 10.2. The zero-order chi connectivity index (χ0) is 9.10. The van der Waals surface area contributed by atoms with Gasteiger partial charge in [0.2, 0.25) is 0 Å². The van der Waals surface area contributed by atoms with Crippen molar-refractivity contribution >= 4 is 0 Å². The van der Waals surface area contributed by atoms with Gasteiger partial charge >= 0.3 is 0 Å². The number of nitrogens with zero attached hydrogens (tertiary/aromatic N) is 1. The predicted molar refractivity (Wildman–Crippen MR) is 51.8 cm³/mol. The zero-order valence-corrected chi connectivity index (χ0v) is 7.56. The standard InChI is InChI=1S/C11H14NO/c13-11-6-7-12(9-11)8-10-4-2-1-3-5-10/h1-5,9,11,13H,6-8H2. The van der Waals surface area contributed by atoms with Crippen LogP contribution in [-0.2, 0) is 6.54 Å². The Balaban J connectivity index is 1.92. The molecule has 1 radical (unpaired) electrons. The average Bonchev–Trinajstić information content (AvgIpc) is 2.53. The van der Waals surface area contributed by atoms with Crippen LogP contribution in [0.15, 0.2) is 30.3 Å². The summed E-state index contributed by atoms with van der Waals surface area (Å²) in [6.07, 6.45) is 0.635. The monoisotopic (exact) mass is 176 g/mol. The minimum absolute atomic E-state index is 0.233. The molecule has 2 heteroatoms. The van der Waals surface area contributed by atoms with Crippen LogP contribution in [0.3, 0.4) is 0 Å². The van der Waals surface area contributed by atoms with Crippen molar-refractivity contribution in [2.45, 2.75) is 19.1 Å². The molecular weight excluding hydrogens is 162 g/mol. The number of aliphatic hydroxyl groups is 1. The molecule has 1 saturated heterocycles. The Labute approximate surface area is 78.8 Å². The van der Waals surface area contributed by atoms with Gasteiger partial charge in [0.05, 0.1) is 12.6 Å². The Morgan fingerprint density at radius 3 is 2.69 bits per heavy atom. The van der Waals surface area contributed by atoms with Gasteiger partial charge in [0, 0.05) is 13.1 Å². The minimum atomic E-state index is -0.233. The first-order chi connectivity index (χ1) is 6.34. The number of hydrogen-bond acceptors (Lipinski definition) is 2. The van der Waals surface area contributed by atoms with Crippen LogP contribution >= 0.6 is 0 Å². The van der Waals surface area contributed by atoms with Gasteiger partial charge in [-0.3, -0.25) is 4.90 Å². The van der Waals surface area contributed by atoms with Gasteiger partial charge in [0.25, 0.3) is 0 Å². The molecule has 2 nitrogen and oxygen atoms in total. The number of hydrogen-bond donors (Lipinski definition) is 1. The van der Waals surface area contributed by atoms with Crippen LogP contribution in [0.4, 0.5) is 0 Å². The van der Waals surface area contributed by atoms with Crippen LogP contribution in [0.5, 0.6) is 0 Å². The van der Waals surface area contributed by atoms with Crippen molar-refractivity contribution < 1.29 is 5.11 Å². The maximum atomic E-state index is 9.28. The zero-order valence-electron chi connectivity index (χ0n) is 7.56.